The number of Topliss-reactive ketones (excluding diaryl/α,β-unsaturated/α-hetero) is 1. The zero-order chi connectivity index (χ0) is 23.5. The SMILES string of the molecule is COc1ccccc1CNCC(=O)N(C(CCSC)C(=O)O)C(C(=O)CN)C1CCCN1. The monoisotopic (exact) mass is 466 g/mol. The van der Waals surface area contributed by atoms with E-state index in [1.165, 1.54) is 16.7 Å². The van der Waals surface area contributed by atoms with Crippen LogP contribution in [0.1, 0.15) is 24.8 Å². The molecule has 0 bridgehead atoms. The third-order valence-electron chi connectivity index (χ3n) is 5.60. The summed E-state index contributed by atoms with van der Waals surface area (Å²) in [4.78, 5) is 39.6. The van der Waals surface area contributed by atoms with Crippen LogP contribution in [0.5, 0.6) is 5.75 Å². The van der Waals surface area contributed by atoms with E-state index in [1.807, 2.05) is 30.5 Å². The number of carbonyl (C=O) groups is 3. The van der Waals surface area contributed by atoms with E-state index in [9.17, 15) is 19.5 Å². The summed E-state index contributed by atoms with van der Waals surface area (Å²) in [7, 11) is 1.58. The van der Waals surface area contributed by atoms with Crippen molar-refractivity contribution in [2.75, 3.05) is 38.8 Å². The molecular weight excluding hydrogens is 432 g/mol. The van der Waals surface area contributed by atoms with E-state index in [1.54, 1.807) is 7.11 Å². The third-order valence-corrected chi connectivity index (χ3v) is 6.24. The Morgan fingerprint density at radius 3 is 2.72 bits per heavy atom. The molecule has 1 heterocycles. The fraction of sp³-hybridized carbons (Fsp3) is 0.591. The lowest BCUT2D eigenvalue weighted by Gasteiger charge is -2.38. The number of carboxylic acid groups (broad SMARTS) is 1. The molecule has 0 radical (unpaired) electrons. The van der Waals surface area contributed by atoms with Crippen LogP contribution in [-0.2, 0) is 20.9 Å². The normalized spacial score (nSPS) is 17.5. The summed E-state index contributed by atoms with van der Waals surface area (Å²) in [6.45, 7) is 0.720. The number of nitrogens with zero attached hydrogens (tertiary/aromatic N) is 1. The summed E-state index contributed by atoms with van der Waals surface area (Å²) in [5, 5.41) is 16.3. The fourth-order valence-corrected chi connectivity index (χ4v) is 4.51. The van der Waals surface area contributed by atoms with Crippen molar-refractivity contribution in [3.05, 3.63) is 29.8 Å². The lowest BCUT2D eigenvalue weighted by molar-refractivity contribution is -0.154. The summed E-state index contributed by atoms with van der Waals surface area (Å²) in [5.41, 5.74) is 6.54. The predicted molar refractivity (Wildman–Crippen MR) is 125 cm³/mol. The number of ether oxygens (including phenoxy) is 1. The van der Waals surface area contributed by atoms with Crippen molar-refractivity contribution < 1.29 is 24.2 Å². The summed E-state index contributed by atoms with van der Waals surface area (Å²) in [5.74, 6) is -0.646. The van der Waals surface area contributed by atoms with Crippen molar-refractivity contribution in [1.82, 2.24) is 15.5 Å². The molecule has 178 valence electrons. The number of hydrogen-bond donors (Lipinski definition) is 4. The highest BCUT2D eigenvalue weighted by Crippen LogP contribution is 2.22. The lowest BCUT2D eigenvalue weighted by Crippen LogP contribution is -2.62. The van der Waals surface area contributed by atoms with Gasteiger partial charge in [0.25, 0.3) is 0 Å². The maximum atomic E-state index is 13.4. The van der Waals surface area contributed by atoms with Gasteiger partial charge >= 0.3 is 5.97 Å². The number of ketones is 1. The number of rotatable bonds is 14. The van der Waals surface area contributed by atoms with Crippen molar-refractivity contribution >= 4 is 29.4 Å². The first-order valence-corrected chi connectivity index (χ1v) is 12.2. The molecule has 1 amide bonds. The molecule has 1 aromatic rings. The molecule has 9 nitrogen and oxygen atoms in total. The molecule has 0 saturated carbocycles. The van der Waals surface area contributed by atoms with Gasteiger partial charge in [0.2, 0.25) is 5.91 Å². The van der Waals surface area contributed by atoms with Gasteiger partial charge in [0.15, 0.2) is 5.78 Å². The summed E-state index contributed by atoms with van der Waals surface area (Å²) in [6, 6.07) is 5.12. The Morgan fingerprint density at radius 2 is 2.12 bits per heavy atom. The molecule has 5 N–H and O–H groups in total. The van der Waals surface area contributed by atoms with E-state index in [-0.39, 0.29) is 31.3 Å². The molecule has 3 unspecified atom stereocenters. The Hall–Kier alpha value is -2.14. The molecule has 1 fully saturated rings. The van der Waals surface area contributed by atoms with E-state index in [2.05, 4.69) is 10.6 Å². The average molecular weight is 467 g/mol. The molecule has 32 heavy (non-hydrogen) atoms. The maximum Gasteiger partial charge on any atom is 0.326 e. The van der Waals surface area contributed by atoms with Crippen molar-refractivity contribution in [2.45, 2.75) is 43.9 Å². The first-order valence-electron chi connectivity index (χ1n) is 10.8. The first-order chi connectivity index (χ1) is 15.4. The van der Waals surface area contributed by atoms with Gasteiger partial charge in [-0.1, -0.05) is 18.2 Å². The van der Waals surface area contributed by atoms with E-state index in [0.29, 0.717) is 24.5 Å². The highest BCUT2D eigenvalue weighted by molar-refractivity contribution is 7.98. The summed E-state index contributed by atoms with van der Waals surface area (Å²) < 4.78 is 5.33. The number of nitrogens with two attached hydrogens (primary N) is 1. The molecule has 1 aromatic carbocycles. The van der Waals surface area contributed by atoms with E-state index in [0.717, 1.165) is 18.5 Å². The Kier molecular flexibility index (Phi) is 10.9. The van der Waals surface area contributed by atoms with Crippen LogP contribution in [0.3, 0.4) is 0 Å². The minimum atomic E-state index is -1.12. The molecular formula is C22H34N4O5S. The molecule has 1 aliphatic heterocycles. The van der Waals surface area contributed by atoms with E-state index >= 15 is 0 Å². The minimum absolute atomic E-state index is 0.109. The highest BCUT2D eigenvalue weighted by atomic mass is 32.2. The molecule has 1 saturated heterocycles. The maximum absolute atomic E-state index is 13.4. The molecule has 0 aromatic heterocycles. The largest absolute Gasteiger partial charge is 0.496 e. The van der Waals surface area contributed by atoms with Crippen LogP contribution >= 0.6 is 11.8 Å². The van der Waals surface area contributed by atoms with Gasteiger partial charge in [0.1, 0.15) is 17.8 Å². The Labute approximate surface area is 193 Å². The van der Waals surface area contributed by atoms with Gasteiger partial charge in [-0.25, -0.2) is 4.79 Å². The Balaban J connectivity index is 2.25. The second kappa shape index (κ2) is 13.4. The molecule has 10 heteroatoms. The quantitative estimate of drug-likeness (QED) is 0.309. The van der Waals surface area contributed by atoms with Crippen LogP contribution in [0.2, 0.25) is 0 Å². The van der Waals surface area contributed by atoms with Crippen molar-refractivity contribution in [3.8, 4) is 5.75 Å². The standard InChI is InChI=1S/C22H34N4O5S/c1-31-19-8-4-3-6-15(19)13-24-14-20(28)26(17(22(29)30)9-11-32-2)21(18(27)12-23)16-7-5-10-25-16/h3-4,6,8,16-17,21,24-25H,5,7,9-14,23H2,1-2H3,(H,29,30). The number of carbonyl (C=O) groups excluding carboxylic acids is 2. The van der Waals surface area contributed by atoms with Gasteiger partial charge in [-0.05, 0) is 43.9 Å². The molecule has 0 spiro atoms. The number of hydrogen-bond acceptors (Lipinski definition) is 8. The van der Waals surface area contributed by atoms with Crippen LogP contribution in [0.4, 0.5) is 0 Å². The number of aliphatic carboxylic acids is 1. The number of amides is 1. The van der Waals surface area contributed by atoms with Crippen LogP contribution in [-0.4, -0.2) is 84.5 Å². The second-order valence-electron chi connectivity index (χ2n) is 7.67. The fourth-order valence-electron chi connectivity index (χ4n) is 4.05. The highest BCUT2D eigenvalue weighted by Gasteiger charge is 2.42. The van der Waals surface area contributed by atoms with Crippen LogP contribution in [0.25, 0.3) is 0 Å². The predicted octanol–water partition coefficient (Wildman–Crippen LogP) is 0.468. The summed E-state index contributed by atoms with van der Waals surface area (Å²) in [6.07, 6.45) is 3.66. The Bertz CT molecular complexity index is 772. The smallest absolute Gasteiger partial charge is 0.326 e. The Morgan fingerprint density at radius 1 is 1.38 bits per heavy atom. The zero-order valence-corrected chi connectivity index (χ0v) is 19.5. The molecule has 2 rings (SSSR count). The van der Waals surface area contributed by atoms with E-state index < -0.39 is 24.0 Å². The van der Waals surface area contributed by atoms with Gasteiger partial charge in [-0.3, -0.25) is 9.59 Å². The van der Waals surface area contributed by atoms with E-state index in [4.69, 9.17) is 10.5 Å². The number of para-hydroxylation sites is 1. The zero-order valence-electron chi connectivity index (χ0n) is 18.7. The minimum Gasteiger partial charge on any atom is -0.496 e. The first kappa shape index (κ1) is 26.1. The van der Waals surface area contributed by atoms with Crippen molar-refractivity contribution in [2.24, 2.45) is 5.73 Å². The van der Waals surface area contributed by atoms with Gasteiger partial charge in [0, 0.05) is 18.2 Å². The van der Waals surface area contributed by atoms with Crippen LogP contribution < -0.4 is 21.1 Å². The third kappa shape index (κ3) is 6.93. The number of thioether (sulfide) groups is 1. The second-order valence-corrected chi connectivity index (χ2v) is 8.66. The van der Waals surface area contributed by atoms with Gasteiger partial charge in [0.05, 0.1) is 20.2 Å². The number of nitrogens with one attached hydrogen (secondary N) is 2. The number of carboxylic acids is 1. The van der Waals surface area contributed by atoms with Crippen molar-refractivity contribution in [3.63, 3.8) is 0 Å². The number of methoxy groups -OCH3 is 1. The molecule has 3 atom stereocenters. The average Bonchev–Trinajstić information content (AvgIpc) is 3.32. The van der Waals surface area contributed by atoms with Gasteiger partial charge < -0.3 is 31.1 Å². The number of benzene rings is 1. The topological polar surface area (TPSA) is 134 Å². The van der Waals surface area contributed by atoms with Crippen molar-refractivity contribution in [1.29, 1.82) is 0 Å². The summed E-state index contributed by atoms with van der Waals surface area (Å²) >= 11 is 1.50. The van der Waals surface area contributed by atoms with Gasteiger partial charge in [-0.15, -0.1) is 0 Å². The van der Waals surface area contributed by atoms with Crippen LogP contribution in [0, 0.1) is 0 Å². The van der Waals surface area contributed by atoms with Crippen LogP contribution in [0.15, 0.2) is 24.3 Å². The molecule has 1 aliphatic rings. The molecule has 0 aliphatic carbocycles. The van der Waals surface area contributed by atoms with Gasteiger partial charge in [-0.2, -0.15) is 11.8 Å². The lowest BCUT2D eigenvalue weighted by atomic mass is 9.97.